The minimum Gasteiger partial charge on any atom is -0.384 e. The fourth-order valence-electron chi connectivity index (χ4n) is 1.02. The molecular weight excluding hydrogens is 184 g/mol. The Morgan fingerprint density at radius 1 is 1.54 bits per heavy atom. The van der Waals surface area contributed by atoms with Crippen LogP contribution >= 0.6 is 11.3 Å². The fraction of sp³-hybridized carbons (Fsp3) is 0.667. The van der Waals surface area contributed by atoms with Gasteiger partial charge in [0.05, 0.1) is 17.3 Å². The van der Waals surface area contributed by atoms with Crippen LogP contribution in [0.1, 0.15) is 10.7 Å². The van der Waals surface area contributed by atoms with Crippen molar-refractivity contribution in [3.05, 3.63) is 16.1 Å². The second-order valence-electron chi connectivity index (χ2n) is 2.83. The minimum absolute atomic E-state index is 0.763. The summed E-state index contributed by atoms with van der Waals surface area (Å²) < 4.78 is 4.99. The van der Waals surface area contributed by atoms with E-state index < -0.39 is 0 Å². The standard InChI is InChI=1S/C9H16N2OS/c1-10-5-3-8-7-13-9(11-8)4-6-12-2/h7,10H,3-6H2,1-2H3. The van der Waals surface area contributed by atoms with Crippen LogP contribution in [0.15, 0.2) is 5.38 Å². The molecule has 0 aliphatic carbocycles. The number of hydrogen-bond acceptors (Lipinski definition) is 4. The Balaban J connectivity index is 2.34. The summed E-state index contributed by atoms with van der Waals surface area (Å²) in [6, 6.07) is 0. The van der Waals surface area contributed by atoms with Crippen LogP contribution in [0.25, 0.3) is 0 Å². The van der Waals surface area contributed by atoms with Gasteiger partial charge in [-0.05, 0) is 7.05 Å². The second kappa shape index (κ2) is 6.07. The highest BCUT2D eigenvalue weighted by atomic mass is 32.1. The van der Waals surface area contributed by atoms with Gasteiger partial charge in [0, 0.05) is 31.9 Å². The monoisotopic (exact) mass is 200 g/mol. The van der Waals surface area contributed by atoms with E-state index in [-0.39, 0.29) is 0 Å². The van der Waals surface area contributed by atoms with Gasteiger partial charge < -0.3 is 10.1 Å². The van der Waals surface area contributed by atoms with Crippen LogP contribution in [-0.2, 0) is 17.6 Å². The lowest BCUT2D eigenvalue weighted by Crippen LogP contribution is -2.10. The average Bonchev–Trinajstić information content (AvgIpc) is 2.59. The van der Waals surface area contributed by atoms with E-state index in [1.165, 1.54) is 10.7 Å². The molecule has 0 fully saturated rings. The maximum absolute atomic E-state index is 4.99. The number of nitrogens with zero attached hydrogens (tertiary/aromatic N) is 1. The predicted octanol–water partition coefficient (Wildman–Crippen LogP) is 1.09. The number of hydrogen-bond donors (Lipinski definition) is 1. The van der Waals surface area contributed by atoms with Crippen LogP contribution in [0, 0.1) is 0 Å². The summed E-state index contributed by atoms with van der Waals surface area (Å²) in [6.07, 6.45) is 1.95. The lowest BCUT2D eigenvalue weighted by molar-refractivity contribution is 0.202. The summed E-state index contributed by atoms with van der Waals surface area (Å²) in [4.78, 5) is 4.48. The third kappa shape index (κ3) is 3.85. The van der Waals surface area contributed by atoms with Crippen molar-refractivity contribution in [3.63, 3.8) is 0 Å². The number of nitrogens with one attached hydrogen (secondary N) is 1. The van der Waals surface area contributed by atoms with E-state index in [4.69, 9.17) is 4.74 Å². The Kier molecular flexibility index (Phi) is 4.97. The maximum atomic E-state index is 4.99. The zero-order valence-corrected chi connectivity index (χ0v) is 8.99. The summed E-state index contributed by atoms with van der Waals surface area (Å²) in [5.41, 5.74) is 1.19. The number of rotatable bonds is 6. The van der Waals surface area contributed by atoms with E-state index >= 15 is 0 Å². The molecule has 1 N–H and O–H groups in total. The van der Waals surface area contributed by atoms with Crippen molar-refractivity contribution >= 4 is 11.3 Å². The molecule has 0 aliphatic heterocycles. The summed E-state index contributed by atoms with van der Waals surface area (Å²) in [5.74, 6) is 0. The summed E-state index contributed by atoms with van der Waals surface area (Å²) >= 11 is 1.72. The van der Waals surface area contributed by atoms with Gasteiger partial charge in [-0.15, -0.1) is 11.3 Å². The number of likely N-dealkylation sites (N-methyl/N-ethyl adjacent to an activating group) is 1. The van der Waals surface area contributed by atoms with Crippen LogP contribution < -0.4 is 5.32 Å². The number of ether oxygens (including phenoxy) is 1. The molecule has 0 radical (unpaired) electrons. The zero-order valence-electron chi connectivity index (χ0n) is 8.17. The normalized spacial score (nSPS) is 10.6. The van der Waals surface area contributed by atoms with E-state index in [0.29, 0.717) is 0 Å². The molecule has 0 amide bonds. The van der Waals surface area contributed by atoms with Crippen molar-refractivity contribution in [2.45, 2.75) is 12.8 Å². The first kappa shape index (κ1) is 10.6. The SMILES string of the molecule is CNCCc1csc(CCOC)n1. The van der Waals surface area contributed by atoms with Crippen molar-refractivity contribution in [1.29, 1.82) is 0 Å². The molecule has 0 aliphatic rings. The molecule has 1 heterocycles. The van der Waals surface area contributed by atoms with Crippen molar-refractivity contribution in [2.24, 2.45) is 0 Å². The van der Waals surface area contributed by atoms with Crippen molar-refractivity contribution < 1.29 is 4.74 Å². The highest BCUT2D eigenvalue weighted by Crippen LogP contribution is 2.10. The first-order valence-corrected chi connectivity index (χ1v) is 5.31. The van der Waals surface area contributed by atoms with Crippen molar-refractivity contribution in [2.75, 3.05) is 27.3 Å². The highest BCUT2D eigenvalue weighted by molar-refractivity contribution is 7.09. The summed E-state index contributed by atoms with van der Waals surface area (Å²) in [7, 11) is 3.67. The third-order valence-electron chi connectivity index (χ3n) is 1.75. The van der Waals surface area contributed by atoms with E-state index in [1.807, 2.05) is 7.05 Å². The molecule has 1 aromatic heterocycles. The molecule has 74 valence electrons. The Hall–Kier alpha value is -0.450. The summed E-state index contributed by atoms with van der Waals surface area (Å²) in [5, 5.41) is 6.41. The molecule has 0 spiro atoms. The first-order valence-electron chi connectivity index (χ1n) is 4.43. The largest absolute Gasteiger partial charge is 0.384 e. The Morgan fingerprint density at radius 3 is 3.08 bits per heavy atom. The van der Waals surface area contributed by atoms with Crippen LogP contribution in [0.4, 0.5) is 0 Å². The van der Waals surface area contributed by atoms with Crippen LogP contribution in [0.5, 0.6) is 0 Å². The maximum Gasteiger partial charge on any atom is 0.0951 e. The van der Waals surface area contributed by atoms with Gasteiger partial charge in [0.15, 0.2) is 0 Å². The molecule has 0 bridgehead atoms. The highest BCUT2D eigenvalue weighted by Gasteiger charge is 2.00. The number of methoxy groups -OCH3 is 1. The number of thiazole rings is 1. The average molecular weight is 200 g/mol. The smallest absolute Gasteiger partial charge is 0.0951 e. The molecule has 0 saturated heterocycles. The van der Waals surface area contributed by atoms with Gasteiger partial charge in [-0.25, -0.2) is 4.98 Å². The zero-order chi connectivity index (χ0) is 9.52. The quantitative estimate of drug-likeness (QED) is 0.746. The molecule has 4 heteroatoms. The van der Waals surface area contributed by atoms with Gasteiger partial charge in [-0.1, -0.05) is 0 Å². The van der Waals surface area contributed by atoms with Gasteiger partial charge in [0.1, 0.15) is 0 Å². The molecular formula is C9H16N2OS. The molecule has 0 unspecified atom stereocenters. The molecule has 0 saturated carbocycles. The van der Waals surface area contributed by atoms with Crippen LogP contribution in [0.2, 0.25) is 0 Å². The minimum atomic E-state index is 0.763. The van der Waals surface area contributed by atoms with E-state index in [9.17, 15) is 0 Å². The van der Waals surface area contributed by atoms with E-state index in [1.54, 1.807) is 18.4 Å². The molecule has 1 aromatic rings. The van der Waals surface area contributed by atoms with Gasteiger partial charge in [0.25, 0.3) is 0 Å². The lowest BCUT2D eigenvalue weighted by atomic mass is 10.3. The number of aromatic nitrogens is 1. The third-order valence-corrected chi connectivity index (χ3v) is 2.71. The Morgan fingerprint density at radius 2 is 2.38 bits per heavy atom. The molecule has 0 atom stereocenters. The predicted molar refractivity (Wildman–Crippen MR) is 55.3 cm³/mol. The van der Waals surface area contributed by atoms with Gasteiger partial charge in [-0.3, -0.25) is 0 Å². The Bertz CT molecular complexity index is 215. The van der Waals surface area contributed by atoms with E-state index in [2.05, 4.69) is 15.7 Å². The fourth-order valence-corrected chi connectivity index (χ4v) is 1.83. The van der Waals surface area contributed by atoms with Crippen molar-refractivity contribution in [1.82, 2.24) is 10.3 Å². The van der Waals surface area contributed by atoms with E-state index in [0.717, 1.165) is 26.0 Å². The van der Waals surface area contributed by atoms with Gasteiger partial charge in [-0.2, -0.15) is 0 Å². The molecule has 3 nitrogen and oxygen atoms in total. The lowest BCUT2D eigenvalue weighted by Gasteiger charge is -1.95. The van der Waals surface area contributed by atoms with Crippen LogP contribution in [0.3, 0.4) is 0 Å². The van der Waals surface area contributed by atoms with Gasteiger partial charge >= 0.3 is 0 Å². The first-order chi connectivity index (χ1) is 6.36. The second-order valence-corrected chi connectivity index (χ2v) is 3.77. The Labute approximate surface area is 83.1 Å². The van der Waals surface area contributed by atoms with Crippen LogP contribution in [-0.4, -0.2) is 32.3 Å². The van der Waals surface area contributed by atoms with Crippen molar-refractivity contribution in [3.8, 4) is 0 Å². The van der Waals surface area contributed by atoms with Gasteiger partial charge in [0.2, 0.25) is 0 Å². The topological polar surface area (TPSA) is 34.1 Å². The summed E-state index contributed by atoms with van der Waals surface area (Å²) in [6.45, 7) is 1.76. The molecule has 0 aromatic carbocycles. The molecule has 13 heavy (non-hydrogen) atoms. The molecule has 1 rings (SSSR count).